The third-order valence-corrected chi connectivity index (χ3v) is 5.78. The summed E-state index contributed by atoms with van der Waals surface area (Å²) in [5, 5.41) is 15.8. The lowest BCUT2D eigenvalue weighted by atomic mass is 10.2. The predicted molar refractivity (Wildman–Crippen MR) is 107 cm³/mol. The van der Waals surface area contributed by atoms with Gasteiger partial charge in [-0.05, 0) is 17.0 Å². The van der Waals surface area contributed by atoms with Crippen LogP contribution >= 0.6 is 23.1 Å². The smallest absolute Gasteiger partial charge is 0.237 e. The molecule has 4 aromatic rings. The van der Waals surface area contributed by atoms with Gasteiger partial charge in [0.05, 0.1) is 17.2 Å². The van der Waals surface area contributed by atoms with Gasteiger partial charge in [-0.1, -0.05) is 67.2 Å². The molecule has 1 aromatic carbocycles. The van der Waals surface area contributed by atoms with Crippen molar-refractivity contribution in [2.45, 2.75) is 37.2 Å². The molecule has 0 unspecified atom stereocenters. The quantitative estimate of drug-likeness (QED) is 0.415. The maximum Gasteiger partial charge on any atom is 0.237 e. The molecule has 27 heavy (non-hydrogen) atoms. The van der Waals surface area contributed by atoms with Gasteiger partial charge in [0.2, 0.25) is 5.89 Å². The Balaban J connectivity index is 1.59. The molecule has 0 amide bonds. The lowest BCUT2D eigenvalue weighted by Gasteiger charge is -2.09. The van der Waals surface area contributed by atoms with E-state index in [1.807, 2.05) is 38.1 Å². The van der Waals surface area contributed by atoms with Crippen LogP contribution in [-0.2, 0) is 12.3 Å². The number of rotatable bonds is 7. The van der Waals surface area contributed by atoms with Crippen LogP contribution in [0.5, 0.6) is 0 Å². The number of thioether (sulfide) groups is 1. The third-order valence-electron chi connectivity index (χ3n) is 3.97. The molecular weight excluding hydrogens is 378 g/mol. The summed E-state index contributed by atoms with van der Waals surface area (Å²) in [4.78, 5) is 5.54. The minimum Gasteiger partial charge on any atom is -0.338 e. The van der Waals surface area contributed by atoms with Crippen molar-refractivity contribution in [1.82, 2.24) is 24.9 Å². The highest BCUT2D eigenvalue weighted by atomic mass is 32.2. The average molecular weight is 398 g/mol. The Morgan fingerprint density at radius 3 is 2.67 bits per heavy atom. The van der Waals surface area contributed by atoms with Gasteiger partial charge in [0.15, 0.2) is 16.8 Å². The summed E-state index contributed by atoms with van der Waals surface area (Å²) in [6, 6.07) is 14.4. The first-order chi connectivity index (χ1) is 13.2. The second kappa shape index (κ2) is 8.06. The minimum atomic E-state index is 0.250. The Bertz CT molecular complexity index is 992. The molecule has 138 valence electrons. The third kappa shape index (κ3) is 4.12. The Labute approximate surface area is 165 Å². The molecular formula is C19H19N5OS2. The zero-order chi connectivity index (χ0) is 18.6. The number of hydrogen-bond donors (Lipinski definition) is 0. The van der Waals surface area contributed by atoms with E-state index >= 15 is 0 Å². The molecule has 0 saturated carbocycles. The molecule has 3 aromatic heterocycles. The fourth-order valence-corrected chi connectivity index (χ4v) is 4.07. The highest BCUT2D eigenvalue weighted by Crippen LogP contribution is 2.29. The zero-order valence-corrected chi connectivity index (χ0v) is 16.7. The topological polar surface area (TPSA) is 69.6 Å². The lowest BCUT2D eigenvalue weighted by Crippen LogP contribution is -2.03. The normalized spacial score (nSPS) is 11.4. The molecule has 0 radical (unpaired) electrons. The van der Waals surface area contributed by atoms with Crippen LogP contribution in [0.25, 0.3) is 10.7 Å². The van der Waals surface area contributed by atoms with Crippen LogP contribution < -0.4 is 0 Å². The molecule has 6 nitrogen and oxygen atoms in total. The molecule has 0 aliphatic rings. The lowest BCUT2D eigenvalue weighted by molar-refractivity contribution is 0.382. The van der Waals surface area contributed by atoms with E-state index in [-0.39, 0.29) is 5.92 Å². The van der Waals surface area contributed by atoms with Crippen LogP contribution in [0.4, 0.5) is 0 Å². The Hall–Kier alpha value is -2.45. The van der Waals surface area contributed by atoms with Gasteiger partial charge in [-0.3, -0.25) is 4.57 Å². The van der Waals surface area contributed by atoms with Crippen LogP contribution in [0.15, 0.2) is 57.5 Å². The van der Waals surface area contributed by atoms with E-state index in [4.69, 9.17) is 4.52 Å². The van der Waals surface area contributed by atoms with Crippen molar-refractivity contribution >= 4 is 23.1 Å². The standard InChI is InChI=1S/C19H19N5OS2/c1-13(2)17-20-16(25-23-17)12-27-19-22-21-18(15-9-6-10-26-15)24(19)11-14-7-4-3-5-8-14/h3-10,13H,11-12H2,1-2H3. The summed E-state index contributed by atoms with van der Waals surface area (Å²) in [7, 11) is 0. The molecule has 3 heterocycles. The van der Waals surface area contributed by atoms with Crippen molar-refractivity contribution < 1.29 is 4.52 Å². The van der Waals surface area contributed by atoms with Crippen LogP contribution in [0.1, 0.15) is 37.0 Å². The maximum atomic E-state index is 5.35. The first-order valence-corrected chi connectivity index (χ1v) is 10.5. The Morgan fingerprint density at radius 2 is 1.96 bits per heavy atom. The van der Waals surface area contributed by atoms with Crippen LogP contribution in [-0.4, -0.2) is 24.9 Å². The van der Waals surface area contributed by atoms with Crippen molar-refractivity contribution in [2.75, 3.05) is 0 Å². The molecule has 0 spiro atoms. The SMILES string of the molecule is CC(C)c1noc(CSc2nnc(-c3cccs3)n2Cc2ccccc2)n1. The molecule has 8 heteroatoms. The summed E-state index contributed by atoms with van der Waals surface area (Å²) in [6.07, 6.45) is 0. The Kier molecular flexibility index (Phi) is 5.35. The first kappa shape index (κ1) is 17.9. The first-order valence-electron chi connectivity index (χ1n) is 8.67. The number of aromatic nitrogens is 5. The number of benzene rings is 1. The van der Waals surface area contributed by atoms with E-state index < -0.39 is 0 Å². The summed E-state index contributed by atoms with van der Waals surface area (Å²) in [5.74, 6) is 3.03. The number of thiophene rings is 1. The van der Waals surface area contributed by atoms with Gasteiger partial charge in [-0.25, -0.2) is 0 Å². The fourth-order valence-electron chi connectivity index (χ4n) is 2.58. The van der Waals surface area contributed by atoms with Gasteiger partial charge >= 0.3 is 0 Å². The summed E-state index contributed by atoms with van der Waals surface area (Å²) in [6.45, 7) is 4.81. The van der Waals surface area contributed by atoms with Crippen molar-refractivity contribution in [2.24, 2.45) is 0 Å². The molecule has 0 fully saturated rings. The van der Waals surface area contributed by atoms with Crippen LogP contribution in [0, 0.1) is 0 Å². The maximum absolute atomic E-state index is 5.35. The molecule has 0 bridgehead atoms. The van der Waals surface area contributed by atoms with Gasteiger partial charge in [0.1, 0.15) is 0 Å². The van der Waals surface area contributed by atoms with Crippen molar-refractivity contribution in [1.29, 1.82) is 0 Å². The van der Waals surface area contributed by atoms with Crippen molar-refractivity contribution in [3.63, 3.8) is 0 Å². The number of hydrogen-bond acceptors (Lipinski definition) is 7. The monoisotopic (exact) mass is 397 g/mol. The van der Waals surface area contributed by atoms with E-state index in [0.29, 0.717) is 18.2 Å². The second-order valence-corrected chi connectivity index (χ2v) is 8.24. The van der Waals surface area contributed by atoms with Crippen LogP contribution in [0.2, 0.25) is 0 Å². The molecule has 0 atom stereocenters. The van der Waals surface area contributed by atoms with E-state index in [0.717, 1.165) is 21.7 Å². The molecule has 0 aliphatic carbocycles. The van der Waals surface area contributed by atoms with Crippen molar-refractivity contribution in [3.05, 3.63) is 65.1 Å². The molecule has 0 aliphatic heterocycles. The van der Waals surface area contributed by atoms with E-state index in [9.17, 15) is 0 Å². The molecule has 4 rings (SSSR count). The van der Waals surface area contributed by atoms with Gasteiger partial charge in [-0.2, -0.15) is 4.98 Å². The fraction of sp³-hybridized carbons (Fsp3) is 0.263. The summed E-state index contributed by atoms with van der Waals surface area (Å²) < 4.78 is 7.49. The molecule has 0 N–H and O–H groups in total. The zero-order valence-electron chi connectivity index (χ0n) is 15.1. The van der Waals surface area contributed by atoms with Crippen LogP contribution in [0.3, 0.4) is 0 Å². The van der Waals surface area contributed by atoms with Gasteiger partial charge < -0.3 is 4.52 Å². The van der Waals surface area contributed by atoms with Gasteiger partial charge in [0, 0.05) is 5.92 Å². The Morgan fingerprint density at radius 1 is 1.11 bits per heavy atom. The largest absolute Gasteiger partial charge is 0.338 e. The predicted octanol–water partition coefficient (Wildman–Crippen LogP) is 4.85. The van der Waals surface area contributed by atoms with Gasteiger partial charge in [0.25, 0.3) is 0 Å². The highest BCUT2D eigenvalue weighted by Gasteiger charge is 2.17. The second-order valence-electron chi connectivity index (χ2n) is 6.34. The van der Waals surface area contributed by atoms with E-state index in [1.165, 1.54) is 5.56 Å². The summed E-state index contributed by atoms with van der Waals surface area (Å²) in [5.41, 5.74) is 1.21. The van der Waals surface area contributed by atoms with E-state index in [2.05, 4.69) is 48.5 Å². The highest BCUT2D eigenvalue weighted by molar-refractivity contribution is 7.98. The van der Waals surface area contributed by atoms with Crippen molar-refractivity contribution in [3.8, 4) is 10.7 Å². The molecule has 0 saturated heterocycles. The number of nitrogens with zero attached hydrogens (tertiary/aromatic N) is 5. The van der Waals surface area contributed by atoms with E-state index in [1.54, 1.807) is 23.1 Å². The average Bonchev–Trinajstić information content (AvgIpc) is 3.42. The summed E-state index contributed by atoms with van der Waals surface area (Å²) >= 11 is 3.22. The van der Waals surface area contributed by atoms with Gasteiger partial charge in [-0.15, -0.1) is 21.5 Å². The minimum absolute atomic E-state index is 0.250.